The van der Waals surface area contributed by atoms with Crippen molar-refractivity contribution < 1.29 is 9.13 Å². The zero-order chi connectivity index (χ0) is 26.3. The Labute approximate surface area is 220 Å². The number of hydrogen-bond donors (Lipinski definition) is 2. The molecule has 2 N–H and O–H groups in total. The monoisotopic (exact) mass is 516 g/mol. The molecule has 2 aliphatic heterocycles. The number of ether oxygens (including phenoxy) is 1. The Morgan fingerprint density at radius 3 is 2.76 bits per heavy atom. The van der Waals surface area contributed by atoms with Gasteiger partial charge in [-0.3, -0.25) is 4.90 Å². The topological polar surface area (TPSA) is 90.1 Å². The molecule has 0 aliphatic carbocycles. The molecule has 0 saturated carbocycles. The molecule has 0 amide bonds. The highest BCUT2D eigenvalue weighted by atomic mass is 19.1. The molecule has 198 valence electrons. The van der Waals surface area contributed by atoms with Crippen LogP contribution in [-0.4, -0.2) is 51.0 Å². The van der Waals surface area contributed by atoms with Gasteiger partial charge in [0.05, 0.1) is 17.2 Å². The van der Waals surface area contributed by atoms with Crippen LogP contribution in [0, 0.1) is 17.2 Å². The lowest BCUT2D eigenvalue weighted by Gasteiger charge is -2.26. The minimum atomic E-state index is -0.258. The second-order valence-corrected chi connectivity index (χ2v) is 11.3. The predicted octanol–water partition coefficient (Wildman–Crippen LogP) is 4.88. The predicted molar refractivity (Wildman–Crippen MR) is 145 cm³/mol. The van der Waals surface area contributed by atoms with Crippen LogP contribution in [0.3, 0.4) is 0 Å². The normalized spacial score (nSPS) is 19.8. The summed E-state index contributed by atoms with van der Waals surface area (Å²) in [6.45, 7) is 8.94. The van der Waals surface area contributed by atoms with E-state index < -0.39 is 0 Å². The fourth-order valence-electron chi connectivity index (χ4n) is 6.03. The number of anilines is 1. The second kappa shape index (κ2) is 9.87. The molecule has 0 bridgehead atoms. The van der Waals surface area contributed by atoms with Crippen LogP contribution < -0.4 is 15.3 Å². The average molecular weight is 517 g/mol. The number of likely N-dealkylation sites (tertiary alicyclic amines) is 1. The molecule has 1 spiro atoms. The highest BCUT2D eigenvalue weighted by molar-refractivity contribution is 5.75. The van der Waals surface area contributed by atoms with Gasteiger partial charge in [-0.25, -0.2) is 19.2 Å². The first-order valence-electron chi connectivity index (χ1n) is 13.3. The Bertz CT molecular complexity index is 1510. The van der Waals surface area contributed by atoms with Crippen LogP contribution in [0.1, 0.15) is 37.8 Å². The minimum absolute atomic E-state index is 0.174. The number of nitrogens with zero attached hydrogens (tertiary/aromatic N) is 4. The van der Waals surface area contributed by atoms with Crippen LogP contribution >= 0.6 is 0 Å². The third-order valence-corrected chi connectivity index (χ3v) is 7.77. The summed E-state index contributed by atoms with van der Waals surface area (Å²) in [6, 6.07) is 10.8. The smallest absolute Gasteiger partial charge is 0.323 e. The highest BCUT2D eigenvalue weighted by Gasteiger charge is 2.44. The maximum absolute atomic E-state index is 14.0. The van der Waals surface area contributed by atoms with Crippen molar-refractivity contribution in [3.05, 3.63) is 76.4 Å². The van der Waals surface area contributed by atoms with E-state index in [9.17, 15) is 9.18 Å². The standard InChI is InChI=1S/C29H33FN6O2/c1-19(2)11-21-13-22(30)4-6-25(21)38-26-14-31-18-32-27(26)36-10-8-29(17-36)7-9-35(16-29)15-20-3-5-23-24(12-20)34-28(37)33-23/h3-6,12-14,18-19H,7-11,15-17H2,1-2H3,(H2,33,34,37). The molecule has 2 aromatic carbocycles. The van der Waals surface area contributed by atoms with Gasteiger partial charge in [0.2, 0.25) is 0 Å². The molecule has 4 heterocycles. The number of aromatic nitrogens is 4. The van der Waals surface area contributed by atoms with Crippen molar-refractivity contribution in [1.29, 1.82) is 0 Å². The molecule has 9 heteroatoms. The first-order chi connectivity index (χ1) is 18.4. The highest BCUT2D eigenvalue weighted by Crippen LogP contribution is 2.43. The largest absolute Gasteiger partial charge is 0.452 e. The summed E-state index contributed by atoms with van der Waals surface area (Å²) in [5.74, 6) is 2.16. The van der Waals surface area contributed by atoms with Gasteiger partial charge in [-0.2, -0.15) is 0 Å². The van der Waals surface area contributed by atoms with Crippen LogP contribution in [0.2, 0.25) is 0 Å². The lowest BCUT2D eigenvalue weighted by atomic mass is 9.86. The molecule has 0 radical (unpaired) electrons. The Balaban J connectivity index is 1.16. The van der Waals surface area contributed by atoms with Crippen LogP contribution in [0.15, 0.2) is 53.7 Å². The van der Waals surface area contributed by atoms with Crippen molar-refractivity contribution in [3.63, 3.8) is 0 Å². The van der Waals surface area contributed by atoms with Crippen molar-refractivity contribution in [2.24, 2.45) is 11.3 Å². The zero-order valence-corrected chi connectivity index (χ0v) is 21.8. The van der Waals surface area contributed by atoms with Gasteiger partial charge in [0.15, 0.2) is 11.6 Å². The van der Waals surface area contributed by atoms with Gasteiger partial charge in [-0.1, -0.05) is 19.9 Å². The molecular formula is C29H33FN6O2. The molecule has 38 heavy (non-hydrogen) atoms. The van der Waals surface area contributed by atoms with E-state index in [2.05, 4.69) is 55.7 Å². The van der Waals surface area contributed by atoms with Crippen LogP contribution in [0.4, 0.5) is 10.2 Å². The van der Waals surface area contributed by atoms with Crippen LogP contribution in [0.25, 0.3) is 11.0 Å². The summed E-state index contributed by atoms with van der Waals surface area (Å²) in [5.41, 5.74) is 3.76. The number of benzene rings is 2. The van der Waals surface area contributed by atoms with Crippen molar-refractivity contribution in [1.82, 2.24) is 24.8 Å². The lowest BCUT2D eigenvalue weighted by molar-refractivity contribution is 0.270. The Hall–Kier alpha value is -3.72. The Morgan fingerprint density at radius 1 is 1.05 bits per heavy atom. The summed E-state index contributed by atoms with van der Waals surface area (Å²) in [4.78, 5) is 30.9. The number of H-pyrrole nitrogens is 2. The summed E-state index contributed by atoms with van der Waals surface area (Å²) in [6.07, 6.45) is 6.22. The van der Waals surface area contributed by atoms with Crippen LogP contribution in [-0.2, 0) is 13.0 Å². The van der Waals surface area contributed by atoms with Crippen molar-refractivity contribution in [2.45, 2.75) is 39.7 Å². The van der Waals surface area contributed by atoms with Crippen molar-refractivity contribution >= 4 is 16.9 Å². The molecule has 8 nitrogen and oxygen atoms in total. The Morgan fingerprint density at radius 2 is 1.89 bits per heavy atom. The van der Waals surface area contributed by atoms with E-state index in [4.69, 9.17) is 4.74 Å². The molecular weight excluding hydrogens is 483 g/mol. The maximum atomic E-state index is 14.0. The van der Waals surface area contributed by atoms with Gasteiger partial charge in [0.1, 0.15) is 17.9 Å². The fourth-order valence-corrected chi connectivity index (χ4v) is 6.03. The van der Waals surface area contributed by atoms with Gasteiger partial charge in [0, 0.05) is 31.6 Å². The van der Waals surface area contributed by atoms with Gasteiger partial charge in [-0.15, -0.1) is 0 Å². The van der Waals surface area contributed by atoms with Crippen molar-refractivity contribution in [2.75, 3.05) is 31.1 Å². The SMILES string of the molecule is CC(C)Cc1cc(F)ccc1Oc1cncnc1N1CCC2(CCN(Cc3ccc4[nH]c(=O)[nH]c4c3)C2)C1. The lowest BCUT2D eigenvalue weighted by Crippen LogP contribution is -2.31. The summed E-state index contributed by atoms with van der Waals surface area (Å²) in [7, 11) is 0. The van der Waals surface area contributed by atoms with Gasteiger partial charge in [-0.05, 0) is 73.2 Å². The quantitative estimate of drug-likeness (QED) is 0.364. The zero-order valence-electron chi connectivity index (χ0n) is 21.8. The number of fused-ring (bicyclic) bond motifs is 1. The first-order valence-corrected chi connectivity index (χ1v) is 13.3. The molecule has 2 aliphatic rings. The summed E-state index contributed by atoms with van der Waals surface area (Å²) in [5, 5.41) is 0. The number of rotatable bonds is 7. The van der Waals surface area contributed by atoms with Crippen LogP contribution in [0.5, 0.6) is 11.5 Å². The number of aromatic amines is 2. The molecule has 2 saturated heterocycles. The van der Waals surface area contributed by atoms with E-state index >= 15 is 0 Å². The van der Waals surface area contributed by atoms with E-state index in [1.807, 2.05) is 6.07 Å². The minimum Gasteiger partial charge on any atom is -0.452 e. The van der Waals surface area contributed by atoms with E-state index in [-0.39, 0.29) is 16.9 Å². The summed E-state index contributed by atoms with van der Waals surface area (Å²) >= 11 is 0. The molecule has 1 atom stereocenters. The molecule has 2 fully saturated rings. The third kappa shape index (κ3) is 5.03. The van der Waals surface area contributed by atoms with E-state index in [1.54, 1.807) is 24.7 Å². The first kappa shape index (κ1) is 24.6. The van der Waals surface area contributed by atoms with Gasteiger partial charge in [0.25, 0.3) is 0 Å². The molecule has 6 rings (SSSR count). The molecule has 1 unspecified atom stereocenters. The van der Waals surface area contributed by atoms with E-state index in [0.29, 0.717) is 17.4 Å². The number of halogens is 1. The maximum Gasteiger partial charge on any atom is 0.323 e. The number of hydrogen-bond acceptors (Lipinski definition) is 6. The van der Waals surface area contributed by atoms with E-state index in [0.717, 1.165) is 74.4 Å². The summed E-state index contributed by atoms with van der Waals surface area (Å²) < 4.78 is 20.3. The number of imidazole rings is 1. The second-order valence-electron chi connectivity index (χ2n) is 11.3. The van der Waals surface area contributed by atoms with Gasteiger partial charge < -0.3 is 19.6 Å². The average Bonchev–Trinajstić information content (AvgIpc) is 3.58. The molecule has 4 aromatic rings. The molecule has 2 aromatic heterocycles. The van der Waals surface area contributed by atoms with E-state index in [1.165, 1.54) is 11.6 Å². The Kier molecular flexibility index (Phi) is 6.39. The number of nitrogens with one attached hydrogen (secondary N) is 2. The fraction of sp³-hybridized carbons (Fsp3) is 0.414. The van der Waals surface area contributed by atoms with Crippen molar-refractivity contribution in [3.8, 4) is 11.5 Å². The van der Waals surface area contributed by atoms with Gasteiger partial charge >= 0.3 is 5.69 Å². The third-order valence-electron chi connectivity index (χ3n) is 7.77.